The van der Waals surface area contributed by atoms with Gasteiger partial charge < -0.3 is 10.1 Å². The van der Waals surface area contributed by atoms with Crippen molar-refractivity contribution in [2.75, 3.05) is 6.54 Å². The first-order chi connectivity index (χ1) is 9.79. The molecule has 20 heavy (non-hydrogen) atoms. The van der Waals surface area contributed by atoms with Crippen LogP contribution in [0.25, 0.3) is 0 Å². The maximum Gasteiger partial charge on any atom is 0.335 e. The second-order valence-electron chi connectivity index (χ2n) is 5.28. The molecular weight excluding hydrogens is 252 g/mol. The van der Waals surface area contributed by atoms with Crippen LogP contribution in [0, 0.1) is 0 Å². The summed E-state index contributed by atoms with van der Waals surface area (Å²) in [5, 5.41) is 7.61. The van der Waals surface area contributed by atoms with Crippen LogP contribution in [0.3, 0.4) is 0 Å². The van der Waals surface area contributed by atoms with E-state index in [9.17, 15) is 0 Å². The molecule has 1 fully saturated rings. The first kappa shape index (κ1) is 13.1. The first-order valence-corrected chi connectivity index (χ1v) is 7.09. The standard InChI is InChI=1S/C15H20N4O/c1-19-11-17-15(18-19)20-10-13-4-2-12(3-5-13)8-9-16-14-6-7-14/h2-5,11,14,16H,6-10H2,1H3. The fraction of sp³-hybridized carbons (Fsp3) is 0.467. The van der Waals surface area contributed by atoms with Crippen LogP contribution in [0.15, 0.2) is 30.6 Å². The summed E-state index contributed by atoms with van der Waals surface area (Å²) in [6.07, 6.45) is 5.40. The third kappa shape index (κ3) is 3.81. The molecule has 1 heterocycles. The van der Waals surface area contributed by atoms with E-state index in [1.165, 1.54) is 18.4 Å². The van der Waals surface area contributed by atoms with E-state index in [4.69, 9.17) is 4.74 Å². The van der Waals surface area contributed by atoms with Crippen molar-refractivity contribution < 1.29 is 4.74 Å². The van der Waals surface area contributed by atoms with Gasteiger partial charge in [-0.05, 0) is 36.9 Å². The molecule has 1 saturated carbocycles. The Hall–Kier alpha value is -1.88. The zero-order valence-electron chi connectivity index (χ0n) is 11.7. The van der Waals surface area contributed by atoms with E-state index < -0.39 is 0 Å². The minimum Gasteiger partial charge on any atom is -0.458 e. The monoisotopic (exact) mass is 272 g/mol. The number of nitrogens with zero attached hydrogens (tertiary/aromatic N) is 3. The Morgan fingerprint density at radius 1 is 1.25 bits per heavy atom. The molecule has 0 atom stereocenters. The molecule has 0 aliphatic heterocycles. The highest BCUT2D eigenvalue weighted by molar-refractivity contribution is 5.22. The molecule has 0 amide bonds. The molecule has 5 nitrogen and oxygen atoms in total. The van der Waals surface area contributed by atoms with Crippen molar-refractivity contribution in [3.8, 4) is 6.01 Å². The van der Waals surface area contributed by atoms with Crippen molar-refractivity contribution in [2.45, 2.75) is 31.9 Å². The Bertz CT molecular complexity index is 545. The van der Waals surface area contributed by atoms with E-state index in [-0.39, 0.29) is 0 Å². The molecular formula is C15H20N4O. The van der Waals surface area contributed by atoms with Crippen LogP contribution in [0.5, 0.6) is 6.01 Å². The molecule has 0 saturated heterocycles. The second kappa shape index (κ2) is 6.05. The third-order valence-electron chi connectivity index (χ3n) is 3.39. The van der Waals surface area contributed by atoms with Crippen molar-refractivity contribution in [3.05, 3.63) is 41.7 Å². The largest absolute Gasteiger partial charge is 0.458 e. The van der Waals surface area contributed by atoms with Gasteiger partial charge in [0.25, 0.3) is 0 Å². The zero-order valence-corrected chi connectivity index (χ0v) is 11.7. The number of hydrogen-bond acceptors (Lipinski definition) is 4. The SMILES string of the molecule is Cn1cnc(OCc2ccc(CCNC3CC3)cc2)n1. The number of hydrogen-bond donors (Lipinski definition) is 1. The Balaban J connectivity index is 1.45. The van der Waals surface area contributed by atoms with Gasteiger partial charge in [-0.1, -0.05) is 24.3 Å². The topological polar surface area (TPSA) is 52.0 Å². The van der Waals surface area contributed by atoms with Crippen LogP contribution in [-0.4, -0.2) is 27.4 Å². The lowest BCUT2D eigenvalue weighted by Gasteiger charge is -2.05. The average molecular weight is 272 g/mol. The number of rotatable bonds is 7. The summed E-state index contributed by atoms with van der Waals surface area (Å²) in [4.78, 5) is 4.03. The molecule has 106 valence electrons. The third-order valence-corrected chi connectivity index (χ3v) is 3.39. The van der Waals surface area contributed by atoms with Crippen LogP contribution in [0.4, 0.5) is 0 Å². The summed E-state index contributed by atoms with van der Waals surface area (Å²) in [5.41, 5.74) is 2.49. The highest BCUT2D eigenvalue weighted by atomic mass is 16.5. The van der Waals surface area contributed by atoms with Crippen molar-refractivity contribution >= 4 is 0 Å². The number of ether oxygens (including phenoxy) is 1. The van der Waals surface area contributed by atoms with Gasteiger partial charge in [-0.25, -0.2) is 0 Å². The lowest BCUT2D eigenvalue weighted by molar-refractivity contribution is 0.280. The maximum absolute atomic E-state index is 5.52. The lowest BCUT2D eigenvalue weighted by atomic mass is 10.1. The average Bonchev–Trinajstić information content (AvgIpc) is 3.19. The van der Waals surface area contributed by atoms with Gasteiger partial charge in [0.1, 0.15) is 12.9 Å². The van der Waals surface area contributed by atoms with Gasteiger partial charge in [-0.15, -0.1) is 5.10 Å². The summed E-state index contributed by atoms with van der Waals surface area (Å²) in [7, 11) is 1.82. The van der Waals surface area contributed by atoms with Crippen molar-refractivity contribution in [3.63, 3.8) is 0 Å². The molecule has 1 aliphatic rings. The molecule has 0 radical (unpaired) electrons. The minimum atomic E-state index is 0.421. The lowest BCUT2D eigenvalue weighted by Crippen LogP contribution is -2.19. The molecule has 3 rings (SSSR count). The summed E-state index contributed by atoms with van der Waals surface area (Å²) < 4.78 is 7.15. The number of aromatic nitrogens is 3. The quantitative estimate of drug-likeness (QED) is 0.833. The van der Waals surface area contributed by atoms with Gasteiger partial charge in [-0.3, -0.25) is 4.68 Å². The minimum absolute atomic E-state index is 0.421. The molecule has 1 aliphatic carbocycles. The normalized spacial score (nSPS) is 14.4. The van der Waals surface area contributed by atoms with E-state index in [1.54, 1.807) is 11.0 Å². The Labute approximate surface area is 119 Å². The van der Waals surface area contributed by atoms with Crippen molar-refractivity contribution in [1.82, 2.24) is 20.1 Å². The first-order valence-electron chi connectivity index (χ1n) is 7.09. The molecule has 1 aromatic heterocycles. The highest BCUT2D eigenvalue weighted by Gasteiger charge is 2.19. The van der Waals surface area contributed by atoms with Gasteiger partial charge in [0.05, 0.1) is 0 Å². The van der Waals surface area contributed by atoms with E-state index in [1.807, 2.05) is 7.05 Å². The molecule has 0 bridgehead atoms. The zero-order chi connectivity index (χ0) is 13.8. The molecule has 1 N–H and O–H groups in total. The number of benzene rings is 1. The fourth-order valence-corrected chi connectivity index (χ4v) is 2.04. The van der Waals surface area contributed by atoms with Crippen LogP contribution >= 0.6 is 0 Å². The van der Waals surface area contributed by atoms with E-state index in [0.29, 0.717) is 12.6 Å². The van der Waals surface area contributed by atoms with E-state index >= 15 is 0 Å². The predicted octanol–water partition coefficient (Wildman–Crippen LogP) is 1.69. The Kier molecular flexibility index (Phi) is 3.97. The maximum atomic E-state index is 5.52. The summed E-state index contributed by atoms with van der Waals surface area (Å²) in [6.45, 7) is 1.57. The smallest absolute Gasteiger partial charge is 0.335 e. The van der Waals surface area contributed by atoms with Crippen LogP contribution < -0.4 is 10.1 Å². The summed E-state index contributed by atoms with van der Waals surface area (Å²) in [6, 6.07) is 9.75. The predicted molar refractivity (Wildman–Crippen MR) is 76.5 cm³/mol. The van der Waals surface area contributed by atoms with Gasteiger partial charge >= 0.3 is 6.01 Å². The number of nitrogens with one attached hydrogen (secondary N) is 1. The summed E-state index contributed by atoms with van der Waals surface area (Å²) >= 11 is 0. The van der Waals surface area contributed by atoms with Crippen molar-refractivity contribution in [1.29, 1.82) is 0 Å². The van der Waals surface area contributed by atoms with Gasteiger partial charge in [0.15, 0.2) is 0 Å². The molecule has 1 aromatic carbocycles. The Morgan fingerprint density at radius 3 is 2.65 bits per heavy atom. The van der Waals surface area contributed by atoms with Crippen LogP contribution in [0.1, 0.15) is 24.0 Å². The molecule has 0 spiro atoms. The van der Waals surface area contributed by atoms with Gasteiger partial charge in [0.2, 0.25) is 0 Å². The van der Waals surface area contributed by atoms with Crippen LogP contribution in [0.2, 0.25) is 0 Å². The van der Waals surface area contributed by atoms with Gasteiger partial charge in [0, 0.05) is 13.1 Å². The number of aryl methyl sites for hydroxylation is 1. The molecule has 5 heteroatoms. The Morgan fingerprint density at radius 2 is 2.00 bits per heavy atom. The van der Waals surface area contributed by atoms with E-state index in [0.717, 1.165) is 24.6 Å². The molecule has 0 unspecified atom stereocenters. The molecule has 2 aromatic rings. The van der Waals surface area contributed by atoms with Crippen molar-refractivity contribution in [2.24, 2.45) is 7.05 Å². The van der Waals surface area contributed by atoms with Crippen LogP contribution in [-0.2, 0) is 20.1 Å². The van der Waals surface area contributed by atoms with Gasteiger partial charge in [-0.2, -0.15) is 4.98 Å². The fourth-order valence-electron chi connectivity index (χ4n) is 2.04. The summed E-state index contributed by atoms with van der Waals surface area (Å²) in [5.74, 6) is 0. The highest BCUT2D eigenvalue weighted by Crippen LogP contribution is 2.18. The van der Waals surface area contributed by atoms with E-state index in [2.05, 4.69) is 39.7 Å². The second-order valence-corrected chi connectivity index (χ2v) is 5.28.